The first-order valence-corrected chi connectivity index (χ1v) is 12.2. The number of halogens is 1. The quantitative estimate of drug-likeness (QED) is 0.147. The molecule has 0 atom stereocenters. The van der Waals surface area contributed by atoms with Crippen molar-refractivity contribution in [1.29, 1.82) is 0 Å². The van der Waals surface area contributed by atoms with E-state index in [1.807, 2.05) is 78.8 Å². The van der Waals surface area contributed by atoms with Gasteiger partial charge < -0.3 is 20.1 Å². The molecule has 0 radical (unpaired) electrons. The molecule has 9 heteroatoms. The Kier molecular flexibility index (Phi) is 9.46. The van der Waals surface area contributed by atoms with Crippen LogP contribution in [0.5, 0.6) is 11.5 Å². The van der Waals surface area contributed by atoms with Crippen molar-refractivity contribution in [3.63, 3.8) is 0 Å². The van der Waals surface area contributed by atoms with Crippen molar-refractivity contribution >= 4 is 52.4 Å². The smallest absolute Gasteiger partial charge is 0.287 e. The van der Waals surface area contributed by atoms with Crippen LogP contribution in [0.2, 0.25) is 0 Å². The summed E-state index contributed by atoms with van der Waals surface area (Å²) >= 11 is 1.99. The third-order valence-corrected chi connectivity index (χ3v) is 5.80. The molecule has 0 saturated heterocycles. The lowest BCUT2D eigenvalue weighted by Crippen LogP contribution is -2.32. The van der Waals surface area contributed by atoms with Crippen molar-refractivity contribution in [3.05, 3.63) is 92.7 Å². The molecule has 0 aliphatic carbocycles. The average molecular weight is 598 g/mol. The van der Waals surface area contributed by atoms with E-state index in [1.54, 1.807) is 42.5 Å². The fraction of sp³-hybridized carbons (Fsp3) is 0.148. The van der Waals surface area contributed by atoms with Crippen LogP contribution in [-0.2, 0) is 4.79 Å². The highest BCUT2D eigenvalue weighted by atomic mass is 127. The largest absolute Gasteiger partial charge is 0.504 e. The van der Waals surface area contributed by atoms with E-state index in [4.69, 9.17) is 4.74 Å². The molecule has 0 spiro atoms. The minimum Gasteiger partial charge on any atom is -0.504 e. The number of phenols is 1. The van der Waals surface area contributed by atoms with Gasteiger partial charge in [0, 0.05) is 25.3 Å². The van der Waals surface area contributed by atoms with Crippen LogP contribution in [0.25, 0.3) is 6.08 Å². The van der Waals surface area contributed by atoms with E-state index >= 15 is 0 Å². The van der Waals surface area contributed by atoms with Crippen LogP contribution in [0, 0.1) is 3.57 Å². The molecular formula is C27H27IN4O4. The van der Waals surface area contributed by atoms with Crippen molar-refractivity contribution in [3.8, 4) is 11.5 Å². The zero-order valence-corrected chi connectivity index (χ0v) is 22.3. The van der Waals surface area contributed by atoms with E-state index in [1.165, 1.54) is 6.21 Å². The van der Waals surface area contributed by atoms with Gasteiger partial charge in [-0.1, -0.05) is 30.3 Å². The number of hydrazone groups is 1. The first-order chi connectivity index (χ1) is 17.3. The molecule has 8 nitrogen and oxygen atoms in total. The monoisotopic (exact) mass is 598 g/mol. The minimum absolute atomic E-state index is 0.0360. The molecule has 0 fully saturated rings. The molecule has 3 aromatic rings. The molecule has 2 amide bonds. The second-order valence-electron chi connectivity index (χ2n) is 7.85. The van der Waals surface area contributed by atoms with Gasteiger partial charge in [-0.2, -0.15) is 5.10 Å². The Morgan fingerprint density at radius 1 is 1.06 bits per heavy atom. The van der Waals surface area contributed by atoms with Crippen molar-refractivity contribution in [1.82, 2.24) is 10.7 Å². The highest BCUT2D eigenvalue weighted by Gasteiger charge is 2.15. The fourth-order valence-corrected chi connectivity index (χ4v) is 3.76. The second-order valence-corrected chi connectivity index (χ2v) is 9.01. The Bertz CT molecular complexity index is 1270. The van der Waals surface area contributed by atoms with Crippen LogP contribution in [0.3, 0.4) is 0 Å². The number of aromatic hydroxyl groups is 1. The number of hydrogen-bond acceptors (Lipinski definition) is 6. The molecule has 3 N–H and O–H groups in total. The molecule has 0 aliphatic heterocycles. The minimum atomic E-state index is -0.592. The molecule has 3 aromatic carbocycles. The summed E-state index contributed by atoms with van der Waals surface area (Å²) in [5.74, 6) is -0.632. The van der Waals surface area contributed by atoms with Gasteiger partial charge in [0.05, 0.1) is 16.4 Å². The highest BCUT2D eigenvalue weighted by molar-refractivity contribution is 14.1. The number of ether oxygens (including phenoxy) is 1. The SMILES string of the molecule is CCOc1cc(/C=N/NC(=O)/C(=C/c2ccc(N(C)C)cc2)NC(=O)c2ccccc2)cc(I)c1O. The van der Waals surface area contributed by atoms with E-state index < -0.39 is 11.8 Å². The zero-order valence-electron chi connectivity index (χ0n) is 20.2. The summed E-state index contributed by atoms with van der Waals surface area (Å²) in [5.41, 5.74) is 5.28. The van der Waals surface area contributed by atoms with Gasteiger partial charge in [-0.05, 0) is 83.1 Å². The van der Waals surface area contributed by atoms with Crippen molar-refractivity contribution in [2.75, 3.05) is 25.6 Å². The third-order valence-electron chi connectivity index (χ3n) is 4.98. The van der Waals surface area contributed by atoms with E-state index in [0.717, 1.165) is 11.3 Å². The number of hydrogen-bond donors (Lipinski definition) is 3. The standard InChI is InChI=1S/C27H27IN4O4/c1-4-36-24-16-19(14-22(28)25(24)33)17-29-31-27(35)23(30-26(34)20-8-6-5-7-9-20)15-18-10-12-21(13-11-18)32(2)3/h5-17,33H,4H2,1-3H3,(H,30,34)(H,31,35)/b23-15-,29-17+. The third kappa shape index (κ3) is 7.32. The van der Waals surface area contributed by atoms with Gasteiger partial charge in [0.15, 0.2) is 11.5 Å². The Labute approximate surface area is 223 Å². The number of nitrogens with one attached hydrogen (secondary N) is 2. The number of carbonyl (C=O) groups is 2. The van der Waals surface area contributed by atoms with E-state index in [9.17, 15) is 14.7 Å². The van der Waals surface area contributed by atoms with Crippen LogP contribution in [-0.4, -0.2) is 43.8 Å². The number of anilines is 1. The number of benzene rings is 3. The van der Waals surface area contributed by atoms with Crippen molar-refractivity contribution < 1.29 is 19.4 Å². The summed E-state index contributed by atoms with van der Waals surface area (Å²) in [6.07, 6.45) is 3.02. The van der Waals surface area contributed by atoms with E-state index in [2.05, 4.69) is 15.8 Å². The fourth-order valence-electron chi connectivity index (χ4n) is 3.14. The van der Waals surface area contributed by atoms with Crippen molar-refractivity contribution in [2.24, 2.45) is 5.10 Å². The van der Waals surface area contributed by atoms with Gasteiger partial charge in [-0.15, -0.1) is 0 Å². The number of rotatable bonds is 9. The molecule has 0 saturated carbocycles. The maximum Gasteiger partial charge on any atom is 0.287 e. The van der Waals surface area contributed by atoms with Crippen LogP contribution < -0.4 is 20.4 Å². The van der Waals surface area contributed by atoms with Gasteiger partial charge >= 0.3 is 0 Å². The lowest BCUT2D eigenvalue weighted by molar-refractivity contribution is -0.117. The highest BCUT2D eigenvalue weighted by Crippen LogP contribution is 2.32. The van der Waals surface area contributed by atoms with Gasteiger partial charge in [-0.3, -0.25) is 9.59 Å². The molecule has 36 heavy (non-hydrogen) atoms. The summed E-state index contributed by atoms with van der Waals surface area (Å²) in [4.78, 5) is 27.7. The summed E-state index contributed by atoms with van der Waals surface area (Å²) < 4.78 is 6.02. The zero-order chi connectivity index (χ0) is 26.1. The number of amides is 2. The number of phenolic OH excluding ortho intramolecular Hbond substituents is 1. The number of nitrogens with zero attached hydrogens (tertiary/aromatic N) is 2. The maximum atomic E-state index is 13.0. The van der Waals surface area contributed by atoms with Crippen LogP contribution in [0.1, 0.15) is 28.4 Å². The molecule has 0 heterocycles. The number of carbonyl (C=O) groups excluding carboxylic acids is 2. The molecule has 186 valence electrons. The Balaban J connectivity index is 1.83. The Morgan fingerprint density at radius 2 is 1.75 bits per heavy atom. The molecule has 0 unspecified atom stereocenters. The topological polar surface area (TPSA) is 103 Å². The Morgan fingerprint density at radius 3 is 2.39 bits per heavy atom. The average Bonchev–Trinajstić information content (AvgIpc) is 2.87. The lowest BCUT2D eigenvalue weighted by Gasteiger charge is -2.13. The molecule has 0 aromatic heterocycles. The molecule has 0 aliphatic rings. The van der Waals surface area contributed by atoms with Gasteiger partial charge in [0.1, 0.15) is 5.70 Å². The maximum absolute atomic E-state index is 13.0. The second kappa shape index (κ2) is 12.7. The first kappa shape index (κ1) is 26.7. The van der Waals surface area contributed by atoms with Crippen LogP contribution in [0.4, 0.5) is 5.69 Å². The summed E-state index contributed by atoms with van der Waals surface area (Å²) in [7, 11) is 3.88. The van der Waals surface area contributed by atoms with Gasteiger partial charge in [-0.25, -0.2) is 5.43 Å². The summed E-state index contributed by atoms with van der Waals surface area (Å²) in [6.45, 7) is 2.21. The van der Waals surface area contributed by atoms with Gasteiger partial charge in [0.2, 0.25) is 0 Å². The normalized spacial score (nSPS) is 11.3. The predicted molar refractivity (Wildman–Crippen MR) is 150 cm³/mol. The predicted octanol–water partition coefficient (Wildman–Crippen LogP) is 4.38. The van der Waals surface area contributed by atoms with Crippen molar-refractivity contribution in [2.45, 2.75) is 6.92 Å². The van der Waals surface area contributed by atoms with E-state index in [0.29, 0.717) is 27.1 Å². The van der Waals surface area contributed by atoms with Crippen LogP contribution >= 0.6 is 22.6 Å². The Hall–Kier alpha value is -3.86. The summed E-state index contributed by atoms with van der Waals surface area (Å²) in [6, 6.07) is 19.5. The van der Waals surface area contributed by atoms with Gasteiger partial charge in [0.25, 0.3) is 11.8 Å². The summed E-state index contributed by atoms with van der Waals surface area (Å²) in [5, 5.41) is 16.8. The molecule has 0 bridgehead atoms. The molecular weight excluding hydrogens is 571 g/mol. The van der Waals surface area contributed by atoms with E-state index in [-0.39, 0.29) is 11.4 Å². The van der Waals surface area contributed by atoms with Crippen LogP contribution in [0.15, 0.2) is 77.5 Å². The first-order valence-electron chi connectivity index (χ1n) is 11.1. The lowest BCUT2D eigenvalue weighted by atomic mass is 10.1. The molecule has 3 rings (SSSR count).